The lowest BCUT2D eigenvalue weighted by Crippen LogP contribution is -2.26. The van der Waals surface area contributed by atoms with Gasteiger partial charge in [-0.25, -0.2) is 0 Å². The van der Waals surface area contributed by atoms with Crippen LogP contribution in [0.1, 0.15) is 27.2 Å². The van der Waals surface area contributed by atoms with E-state index in [-0.39, 0.29) is 5.91 Å². The summed E-state index contributed by atoms with van der Waals surface area (Å²) in [5.74, 6) is 0.0741. The third kappa shape index (κ3) is 2.31. The highest BCUT2D eigenvalue weighted by Gasteiger charge is 2.28. The van der Waals surface area contributed by atoms with E-state index in [1.54, 1.807) is 0 Å². The van der Waals surface area contributed by atoms with E-state index in [0.29, 0.717) is 13.1 Å². The van der Waals surface area contributed by atoms with Gasteiger partial charge in [-0.2, -0.15) is 5.10 Å². The number of amides is 1. The quantitative estimate of drug-likeness (QED) is 0.725. The van der Waals surface area contributed by atoms with Crippen molar-refractivity contribution in [2.45, 2.75) is 20.0 Å². The van der Waals surface area contributed by atoms with Crippen molar-refractivity contribution in [2.24, 2.45) is 7.05 Å². The summed E-state index contributed by atoms with van der Waals surface area (Å²) < 4.78 is 1.86. The first-order valence-electron chi connectivity index (χ1n) is 8.09. The summed E-state index contributed by atoms with van der Waals surface area (Å²) in [6, 6.07) is 16.1. The fourth-order valence-electron chi connectivity index (χ4n) is 3.38. The van der Waals surface area contributed by atoms with E-state index in [9.17, 15) is 4.79 Å². The molecule has 0 saturated carbocycles. The van der Waals surface area contributed by atoms with Crippen LogP contribution in [0, 0.1) is 6.92 Å². The second-order valence-electron chi connectivity index (χ2n) is 6.26. The van der Waals surface area contributed by atoms with E-state index in [1.165, 1.54) is 5.56 Å². The van der Waals surface area contributed by atoms with E-state index >= 15 is 0 Å². The van der Waals surface area contributed by atoms with Crippen molar-refractivity contribution < 1.29 is 4.79 Å². The number of benzene rings is 2. The molecule has 0 N–H and O–H groups in total. The largest absolute Gasteiger partial charge is 0.328 e. The molecule has 0 saturated heterocycles. The van der Waals surface area contributed by atoms with Crippen LogP contribution in [0.2, 0.25) is 0 Å². The van der Waals surface area contributed by atoms with Crippen molar-refractivity contribution in [3.8, 4) is 11.1 Å². The number of carbonyl (C=O) groups is 1. The van der Waals surface area contributed by atoms with Crippen LogP contribution >= 0.6 is 0 Å². The molecule has 1 aliphatic heterocycles. The molecule has 4 nitrogen and oxygen atoms in total. The van der Waals surface area contributed by atoms with E-state index in [0.717, 1.165) is 27.9 Å². The Labute approximate surface area is 141 Å². The lowest BCUT2D eigenvalue weighted by molar-refractivity contribution is 0.0749. The summed E-state index contributed by atoms with van der Waals surface area (Å²) >= 11 is 0. The lowest BCUT2D eigenvalue weighted by Gasteiger charge is -2.19. The number of aromatic nitrogens is 2. The first-order chi connectivity index (χ1) is 11.6. The van der Waals surface area contributed by atoms with Gasteiger partial charge >= 0.3 is 0 Å². The molecule has 0 aliphatic carbocycles. The predicted octanol–water partition coefficient (Wildman–Crippen LogP) is 3.55. The van der Waals surface area contributed by atoms with Gasteiger partial charge in [0.15, 0.2) is 0 Å². The summed E-state index contributed by atoms with van der Waals surface area (Å²) in [5, 5.41) is 4.26. The van der Waals surface area contributed by atoms with Gasteiger partial charge in [-0.05, 0) is 29.7 Å². The Morgan fingerprint density at radius 1 is 1.00 bits per heavy atom. The van der Waals surface area contributed by atoms with Gasteiger partial charge in [0, 0.05) is 24.7 Å². The molecule has 0 bridgehead atoms. The second kappa shape index (κ2) is 5.64. The molecule has 1 amide bonds. The number of hydrogen-bond donors (Lipinski definition) is 0. The molecule has 2 heterocycles. The fourth-order valence-corrected chi connectivity index (χ4v) is 3.38. The van der Waals surface area contributed by atoms with E-state index in [2.05, 4.69) is 24.2 Å². The molecule has 0 fully saturated rings. The minimum absolute atomic E-state index is 0.0741. The second-order valence-corrected chi connectivity index (χ2v) is 6.26. The molecular weight excluding hydrogens is 298 g/mol. The minimum atomic E-state index is 0.0741. The smallest absolute Gasteiger partial charge is 0.255 e. The van der Waals surface area contributed by atoms with E-state index in [4.69, 9.17) is 0 Å². The molecule has 2 aromatic carbocycles. The van der Waals surface area contributed by atoms with Crippen molar-refractivity contribution >= 4 is 5.91 Å². The molecule has 4 rings (SSSR count). The minimum Gasteiger partial charge on any atom is -0.328 e. The molecule has 3 aromatic rings. The van der Waals surface area contributed by atoms with Gasteiger partial charge in [-0.3, -0.25) is 9.48 Å². The van der Waals surface area contributed by atoms with Crippen molar-refractivity contribution in [1.82, 2.24) is 14.7 Å². The molecule has 1 aliphatic rings. The van der Waals surface area contributed by atoms with Crippen molar-refractivity contribution in [1.29, 1.82) is 0 Å². The average Bonchev–Trinajstić information content (AvgIpc) is 3.17. The molecule has 0 spiro atoms. The van der Waals surface area contributed by atoms with E-state index < -0.39 is 0 Å². The number of fused-ring (bicyclic) bond motifs is 1. The van der Waals surface area contributed by atoms with Gasteiger partial charge < -0.3 is 4.90 Å². The topological polar surface area (TPSA) is 38.1 Å². The average molecular weight is 317 g/mol. The molecular formula is C20H19N3O. The van der Waals surface area contributed by atoms with Crippen LogP contribution in [0.4, 0.5) is 0 Å². The fraction of sp³-hybridized carbons (Fsp3) is 0.200. The normalized spacial score (nSPS) is 13.2. The number of nitrogens with zero attached hydrogens (tertiary/aromatic N) is 3. The Kier molecular flexibility index (Phi) is 3.45. The Hall–Kier alpha value is -2.88. The monoisotopic (exact) mass is 317 g/mol. The lowest BCUT2D eigenvalue weighted by atomic mass is 9.95. The summed E-state index contributed by atoms with van der Waals surface area (Å²) in [6.07, 6.45) is 1.86. The summed E-state index contributed by atoms with van der Waals surface area (Å²) in [5.41, 5.74) is 6.30. The molecule has 4 heteroatoms. The Balaban J connectivity index is 1.71. The van der Waals surface area contributed by atoms with Crippen LogP contribution in [-0.2, 0) is 20.1 Å². The van der Waals surface area contributed by atoms with Gasteiger partial charge in [-0.1, -0.05) is 42.5 Å². The summed E-state index contributed by atoms with van der Waals surface area (Å²) in [6.45, 7) is 3.32. The zero-order valence-electron chi connectivity index (χ0n) is 13.9. The Morgan fingerprint density at radius 3 is 2.46 bits per heavy atom. The van der Waals surface area contributed by atoms with Gasteiger partial charge in [0.05, 0.1) is 18.4 Å². The third-order valence-corrected chi connectivity index (χ3v) is 4.73. The number of aryl methyl sites for hydroxylation is 2. The zero-order valence-corrected chi connectivity index (χ0v) is 13.9. The molecule has 1 aromatic heterocycles. The number of carbonyl (C=O) groups excluding carboxylic acids is 1. The van der Waals surface area contributed by atoms with Crippen LogP contribution in [0.3, 0.4) is 0 Å². The van der Waals surface area contributed by atoms with Gasteiger partial charge in [-0.15, -0.1) is 0 Å². The highest BCUT2D eigenvalue weighted by atomic mass is 16.2. The van der Waals surface area contributed by atoms with Crippen LogP contribution in [0.15, 0.2) is 54.7 Å². The highest BCUT2D eigenvalue weighted by Crippen LogP contribution is 2.30. The first-order valence-corrected chi connectivity index (χ1v) is 8.09. The molecule has 24 heavy (non-hydrogen) atoms. The molecule has 0 unspecified atom stereocenters. The predicted molar refractivity (Wildman–Crippen MR) is 93.4 cm³/mol. The maximum Gasteiger partial charge on any atom is 0.255 e. The highest BCUT2D eigenvalue weighted by molar-refractivity contribution is 6.01. The molecule has 0 radical (unpaired) electrons. The molecule has 120 valence electrons. The third-order valence-electron chi connectivity index (χ3n) is 4.73. The van der Waals surface area contributed by atoms with Crippen LogP contribution in [0.25, 0.3) is 11.1 Å². The number of hydrogen-bond acceptors (Lipinski definition) is 2. The van der Waals surface area contributed by atoms with Gasteiger partial charge in [0.2, 0.25) is 0 Å². The standard InChI is InChI=1S/C20H19N3O/c1-14-7-3-4-8-16(14)17-9-5-6-10-18(17)20(24)23-12-15-11-21-22(2)19(15)13-23/h3-11H,12-13H2,1-2H3. The van der Waals surface area contributed by atoms with Crippen molar-refractivity contribution in [3.05, 3.63) is 77.1 Å². The maximum atomic E-state index is 13.1. The Bertz CT molecular complexity index is 926. The van der Waals surface area contributed by atoms with Gasteiger partial charge in [0.25, 0.3) is 5.91 Å². The Morgan fingerprint density at radius 2 is 1.71 bits per heavy atom. The SMILES string of the molecule is Cc1ccccc1-c1ccccc1C(=O)N1Cc2cnn(C)c2C1. The zero-order chi connectivity index (χ0) is 16.7. The van der Waals surface area contributed by atoms with Crippen molar-refractivity contribution in [2.75, 3.05) is 0 Å². The van der Waals surface area contributed by atoms with Crippen molar-refractivity contribution in [3.63, 3.8) is 0 Å². The van der Waals surface area contributed by atoms with E-state index in [1.807, 2.05) is 59.2 Å². The molecule has 0 atom stereocenters. The van der Waals surface area contributed by atoms with Gasteiger partial charge in [0.1, 0.15) is 0 Å². The summed E-state index contributed by atoms with van der Waals surface area (Å²) in [7, 11) is 1.92. The summed E-state index contributed by atoms with van der Waals surface area (Å²) in [4.78, 5) is 15.0. The maximum absolute atomic E-state index is 13.1. The van der Waals surface area contributed by atoms with Crippen LogP contribution in [-0.4, -0.2) is 20.6 Å². The van der Waals surface area contributed by atoms with Crippen LogP contribution in [0.5, 0.6) is 0 Å². The van der Waals surface area contributed by atoms with Crippen LogP contribution < -0.4 is 0 Å². The number of rotatable bonds is 2. The first kappa shape index (κ1) is 14.7.